The van der Waals surface area contributed by atoms with E-state index >= 15 is 0 Å². The Morgan fingerprint density at radius 1 is 1.00 bits per heavy atom. The molecule has 0 aliphatic carbocycles. The van der Waals surface area contributed by atoms with E-state index in [1.807, 2.05) is 23.1 Å². The second kappa shape index (κ2) is 7.92. The molecule has 1 aromatic carbocycles. The van der Waals surface area contributed by atoms with Gasteiger partial charge in [-0.25, -0.2) is 0 Å². The summed E-state index contributed by atoms with van der Waals surface area (Å²) in [7, 11) is 2.18. The minimum Gasteiger partial charge on any atom is -0.369 e. The van der Waals surface area contributed by atoms with Crippen molar-refractivity contribution in [1.29, 1.82) is 0 Å². The maximum atomic E-state index is 13.1. The first-order valence-corrected chi connectivity index (χ1v) is 10.3. The Kier molecular flexibility index (Phi) is 5.36. The highest BCUT2D eigenvalue weighted by Crippen LogP contribution is 2.37. The fourth-order valence-corrected chi connectivity index (χ4v) is 4.40. The van der Waals surface area contributed by atoms with Crippen molar-refractivity contribution in [3.8, 4) is 0 Å². The van der Waals surface area contributed by atoms with E-state index in [9.17, 15) is 4.79 Å². The molecule has 1 fully saturated rings. The number of hydrogen-bond acceptors (Lipinski definition) is 4. The first-order valence-electron chi connectivity index (χ1n) is 10.3. The van der Waals surface area contributed by atoms with E-state index < -0.39 is 0 Å². The molecule has 5 nitrogen and oxygen atoms in total. The Labute approximate surface area is 168 Å². The molecule has 0 N–H and O–H groups in total. The lowest BCUT2D eigenvalue weighted by Gasteiger charge is -2.35. The quantitative estimate of drug-likeness (QED) is 0.801. The van der Waals surface area contributed by atoms with E-state index in [4.69, 9.17) is 0 Å². The third-order valence-electron chi connectivity index (χ3n) is 6.34. The number of nitrogens with zero attached hydrogens (tertiary/aromatic N) is 4. The molecular formula is C23H30N4O. The molecule has 0 unspecified atom stereocenters. The van der Waals surface area contributed by atoms with Gasteiger partial charge >= 0.3 is 0 Å². The zero-order valence-corrected chi connectivity index (χ0v) is 17.1. The Morgan fingerprint density at radius 2 is 1.79 bits per heavy atom. The lowest BCUT2D eigenvalue weighted by molar-refractivity contribution is 0.0687. The average molecular weight is 379 g/mol. The molecule has 5 heteroatoms. The van der Waals surface area contributed by atoms with E-state index in [1.165, 1.54) is 16.8 Å². The maximum Gasteiger partial charge on any atom is 0.272 e. The minimum absolute atomic E-state index is 0.0261. The number of carbonyl (C=O) groups excluding carboxylic acids is 1. The van der Waals surface area contributed by atoms with Crippen LogP contribution in [0.1, 0.15) is 53.8 Å². The Hall–Kier alpha value is -2.40. The first-order chi connectivity index (χ1) is 13.5. The molecule has 3 heterocycles. The van der Waals surface area contributed by atoms with Crippen LogP contribution in [0, 0.1) is 0 Å². The highest BCUT2D eigenvalue weighted by molar-refractivity contribution is 5.92. The van der Waals surface area contributed by atoms with E-state index in [0.717, 1.165) is 39.1 Å². The van der Waals surface area contributed by atoms with Gasteiger partial charge in [-0.2, -0.15) is 0 Å². The van der Waals surface area contributed by atoms with Crippen molar-refractivity contribution in [1.82, 2.24) is 14.8 Å². The standard InChI is InChI=1S/C23H30N4O/c1-17-9-11-27(23(28)22-6-4-5-10-24-22)18(2)21-16-19(7-8-20(17)21)26-14-12-25(3)13-15-26/h4-8,10,16-18H,9,11-15H2,1-3H3/t17-,18+/m0/s1. The third kappa shape index (κ3) is 3.63. The molecule has 0 spiro atoms. The number of hydrogen-bond donors (Lipinski definition) is 0. The van der Waals surface area contributed by atoms with Gasteiger partial charge in [-0.15, -0.1) is 0 Å². The number of fused-ring (bicyclic) bond motifs is 1. The molecule has 1 saturated heterocycles. The third-order valence-corrected chi connectivity index (χ3v) is 6.34. The number of pyridine rings is 1. The summed E-state index contributed by atoms with van der Waals surface area (Å²) in [4.78, 5) is 24.3. The highest BCUT2D eigenvalue weighted by Gasteiger charge is 2.30. The number of aromatic nitrogens is 1. The smallest absolute Gasteiger partial charge is 0.272 e. The maximum absolute atomic E-state index is 13.1. The number of carbonyl (C=O) groups is 1. The number of piperazine rings is 1. The molecule has 4 rings (SSSR count). The van der Waals surface area contributed by atoms with Crippen LogP contribution in [0.5, 0.6) is 0 Å². The zero-order valence-electron chi connectivity index (χ0n) is 17.1. The van der Waals surface area contributed by atoms with Crippen LogP contribution < -0.4 is 4.90 Å². The van der Waals surface area contributed by atoms with Gasteiger partial charge in [0.05, 0.1) is 6.04 Å². The van der Waals surface area contributed by atoms with Crippen molar-refractivity contribution in [3.63, 3.8) is 0 Å². The summed E-state index contributed by atoms with van der Waals surface area (Å²) in [5.74, 6) is 0.471. The summed E-state index contributed by atoms with van der Waals surface area (Å²) in [6.45, 7) is 9.48. The van der Waals surface area contributed by atoms with E-state index in [0.29, 0.717) is 11.6 Å². The molecule has 2 aliphatic rings. The van der Waals surface area contributed by atoms with Crippen molar-refractivity contribution in [2.75, 3.05) is 44.7 Å². The molecule has 1 amide bonds. The van der Waals surface area contributed by atoms with Crippen LogP contribution in [0.2, 0.25) is 0 Å². The molecule has 0 bridgehead atoms. The molecular weight excluding hydrogens is 348 g/mol. The summed E-state index contributed by atoms with van der Waals surface area (Å²) in [6, 6.07) is 12.5. The number of rotatable bonds is 2. The monoisotopic (exact) mass is 378 g/mol. The Balaban J connectivity index is 1.65. The van der Waals surface area contributed by atoms with Gasteiger partial charge in [-0.3, -0.25) is 9.78 Å². The topological polar surface area (TPSA) is 39.7 Å². The van der Waals surface area contributed by atoms with Crippen LogP contribution in [0.3, 0.4) is 0 Å². The van der Waals surface area contributed by atoms with Gasteiger partial charge in [0.2, 0.25) is 0 Å². The second-order valence-corrected chi connectivity index (χ2v) is 8.18. The van der Waals surface area contributed by atoms with Gasteiger partial charge in [0.25, 0.3) is 5.91 Å². The van der Waals surface area contributed by atoms with Crippen LogP contribution in [0.4, 0.5) is 5.69 Å². The lowest BCUT2D eigenvalue weighted by atomic mass is 9.91. The van der Waals surface area contributed by atoms with Crippen molar-refractivity contribution < 1.29 is 4.79 Å². The van der Waals surface area contributed by atoms with Crippen LogP contribution in [0.25, 0.3) is 0 Å². The largest absolute Gasteiger partial charge is 0.369 e. The van der Waals surface area contributed by atoms with Crippen LogP contribution in [-0.4, -0.2) is 60.5 Å². The summed E-state index contributed by atoms with van der Waals surface area (Å²) >= 11 is 0. The summed E-state index contributed by atoms with van der Waals surface area (Å²) in [6.07, 6.45) is 2.67. The Morgan fingerprint density at radius 3 is 2.50 bits per heavy atom. The lowest BCUT2D eigenvalue weighted by Crippen LogP contribution is -2.44. The average Bonchev–Trinajstić information content (AvgIpc) is 2.85. The van der Waals surface area contributed by atoms with E-state index in [2.05, 4.69) is 53.9 Å². The Bertz CT molecular complexity index is 830. The van der Waals surface area contributed by atoms with Gasteiger partial charge in [-0.05, 0) is 61.7 Å². The van der Waals surface area contributed by atoms with Gasteiger partial charge in [0.1, 0.15) is 5.69 Å². The molecule has 2 atom stereocenters. The van der Waals surface area contributed by atoms with Crippen molar-refractivity contribution >= 4 is 11.6 Å². The molecule has 1 aromatic heterocycles. The first kappa shape index (κ1) is 18.9. The van der Waals surface area contributed by atoms with Gasteiger partial charge in [0, 0.05) is 44.6 Å². The van der Waals surface area contributed by atoms with Crippen molar-refractivity contribution in [2.45, 2.75) is 32.2 Å². The molecule has 2 aromatic rings. The van der Waals surface area contributed by atoms with Crippen molar-refractivity contribution in [3.05, 3.63) is 59.4 Å². The molecule has 0 radical (unpaired) electrons. The highest BCUT2D eigenvalue weighted by atomic mass is 16.2. The number of anilines is 1. The predicted octanol–water partition coefficient (Wildman–Crippen LogP) is 3.54. The van der Waals surface area contributed by atoms with Gasteiger partial charge in [-0.1, -0.05) is 19.1 Å². The molecule has 2 aliphatic heterocycles. The minimum atomic E-state index is 0.0261. The summed E-state index contributed by atoms with van der Waals surface area (Å²) in [5, 5.41) is 0. The van der Waals surface area contributed by atoms with E-state index in [1.54, 1.807) is 6.20 Å². The molecule has 148 valence electrons. The molecule has 28 heavy (non-hydrogen) atoms. The van der Waals surface area contributed by atoms with Crippen molar-refractivity contribution in [2.24, 2.45) is 0 Å². The second-order valence-electron chi connectivity index (χ2n) is 8.18. The fourth-order valence-electron chi connectivity index (χ4n) is 4.40. The zero-order chi connectivity index (χ0) is 19.7. The van der Waals surface area contributed by atoms with Gasteiger partial charge < -0.3 is 14.7 Å². The number of benzene rings is 1. The van der Waals surface area contributed by atoms with Crippen LogP contribution in [-0.2, 0) is 0 Å². The van der Waals surface area contributed by atoms with Crippen LogP contribution >= 0.6 is 0 Å². The van der Waals surface area contributed by atoms with Gasteiger partial charge in [0.15, 0.2) is 0 Å². The fraction of sp³-hybridized carbons (Fsp3) is 0.478. The summed E-state index contributed by atoms with van der Waals surface area (Å²) in [5.41, 5.74) is 4.46. The number of amides is 1. The number of likely N-dealkylation sites (N-methyl/N-ethyl adjacent to an activating group) is 1. The normalized spacial score (nSPS) is 23.2. The van der Waals surface area contributed by atoms with E-state index in [-0.39, 0.29) is 11.9 Å². The predicted molar refractivity (Wildman–Crippen MR) is 113 cm³/mol. The molecule has 0 saturated carbocycles. The summed E-state index contributed by atoms with van der Waals surface area (Å²) < 4.78 is 0. The SMILES string of the molecule is C[C@@H]1c2cc(N3CCN(C)CC3)ccc2[C@@H](C)CCN1C(=O)c1ccccn1. The van der Waals surface area contributed by atoms with Crippen LogP contribution in [0.15, 0.2) is 42.6 Å².